The van der Waals surface area contributed by atoms with E-state index in [1.807, 2.05) is 30.3 Å². The Morgan fingerprint density at radius 2 is 1.82 bits per heavy atom. The standard InChI is InChI=1S/C15H14FN5O/c16-12-8-6-11(7-9-12)14(22)10-17-15-18-19-20-21(15)13-4-2-1-3-5-13/h1-9,14,22H,10H2,(H,17,18,20)/t14-/m1/s1. The maximum atomic E-state index is 12.9. The van der Waals surface area contributed by atoms with E-state index in [1.54, 1.807) is 12.1 Å². The van der Waals surface area contributed by atoms with Crippen LogP contribution in [0.5, 0.6) is 0 Å². The number of hydrogen-bond donors (Lipinski definition) is 2. The van der Waals surface area contributed by atoms with E-state index in [-0.39, 0.29) is 12.4 Å². The van der Waals surface area contributed by atoms with Crippen LogP contribution in [0, 0.1) is 5.82 Å². The van der Waals surface area contributed by atoms with Gasteiger partial charge in [0.25, 0.3) is 0 Å². The molecule has 0 aliphatic heterocycles. The fraction of sp³-hybridized carbons (Fsp3) is 0.133. The Morgan fingerprint density at radius 3 is 2.55 bits per heavy atom. The predicted octanol–water partition coefficient (Wildman–Crippen LogP) is 1.95. The quantitative estimate of drug-likeness (QED) is 0.753. The molecule has 0 saturated carbocycles. The number of aromatic nitrogens is 4. The molecule has 1 aromatic heterocycles. The molecule has 1 heterocycles. The molecular formula is C15H14FN5O. The highest BCUT2D eigenvalue weighted by atomic mass is 19.1. The predicted molar refractivity (Wildman–Crippen MR) is 79.0 cm³/mol. The number of aliphatic hydroxyl groups is 1. The Labute approximate surface area is 126 Å². The van der Waals surface area contributed by atoms with Crippen LogP contribution in [0.15, 0.2) is 54.6 Å². The first kappa shape index (κ1) is 14.2. The smallest absolute Gasteiger partial charge is 0.247 e. The summed E-state index contributed by atoms with van der Waals surface area (Å²) in [4.78, 5) is 0. The van der Waals surface area contributed by atoms with Gasteiger partial charge in [0, 0.05) is 6.54 Å². The van der Waals surface area contributed by atoms with Crippen LogP contribution < -0.4 is 5.32 Å². The number of para-hydroxylation sites is 1. The molecule has 3 rings (SSSR count). The fourth-order valence-electron chi connectivity index (χ4n) is 2.03. The van der Waals surface area contributed by atoms with Crippen LogP contribution in [-0.2, 0) is 0 Å². The molecule has 0 saturated heterocycles. The van der Waals surface area contributed by atoms with Crippen molar-refractivity contribution in [1.29, 1.82) is 0 Å². The molecule has 0 fully saturated rings. The van der Waals surface area contributed by atoms with Crippen molar-refractivity contribution in [3.8, 4) is 5.69 Å². The minimum atomic E-state index is -0.790. The van der Waals surface area contributed by atoms with E-state index < -0.39 is 6.10 Å². The first-order valence-corrected chi connectivity index (χ1v) is 6.75. The maximum Gasteiger partial charge on any atom is 0.247 e. The summed E-state index contributed by atoms with van der Waals surface area (Å²) in [6.07, 6.45) is -0.790. The first-order valence-electron chi connectivity index (χ1n) is 6.75. The number of halogens is 1. The van der Waals surface area contributed by atoms with Gasteiger partial charge in [-0.3, -0.25) is 0 Å². The van der Waals surface area contributed by atoms with Gasteiger partial charge in [-0.25, -0.2) is 4.39 Å². The number of tetrazole rings is 1. The van der Waals surface area contributed by atoms with E-state index in [9.17, 15) is 9.50 Å². The Hall–Kier alpha value is -2.80. The summed E-state index contributed by atoms with van der Waals surface area (Å²) in [5, 5.41) is 24.5. The lowest BCUT2D eigenvalue weighted by Crippen LogP contribution is -2.15. The average molecular weight is 299 g/mol. The van der Waals surface area contributed by atoms with E-state index >= 15 is 0 Å². The Balaban J connectivity index is 1.70. The molecule has 2 aromatic carbocycles. The van der Waals surface area contributed by atoms with Crippen LogP contribution in [0.1, 0.15) is 11.7 Å². The highest BCUT2D eigenvalue weighted by molar-refractivity contribution is 5.38. The van der Waals surface area contributed by atoms with Gasteiger partial charge in [0.2, 0.25) is 5.95 Å². The molecule has 112 valence electrons. The summed E-state index contributed by atoms with van der Waals surface area (Å²) >= 11 is 0. The van der Waals surface area contributed by atoms with Crippen LogP contribution in [0.25, 0.3) is 5.69 Å². The monoisotopic (exact) mass is 299 g/mol. The summed E-state index contributed by atoms with van der Waals surface area (Å²) in [6.45, 7) is 0.207. The van der Waals surface area contributed by atoms with Crippen molar-refractivity contribution in [2.24, 2.45) is 0 Å². The Bertz CT molecular complexity index is 729. The molecule has 0 amide bonds. The third-order valence-electron chi connectivity index (χ3n) is 3.18. The minimum absolute atomic E-state index is 0.207. The number of hydrogen-bond acceptors (Lipinski definition) is 5. The third kappa shape index (κ3) is 3.09. The number of aliphatic hydroxyl groups excluding tert-OH is 1. The maximum absolute atomic E-state index is 12.9. The molecule has 0 spiro atoms. The van der Waals surface area contributed by atoms with Gasteiger partial charge in [-0.1, -0.05) is 35.4 Å². The van der Waals surface area contributed by atoms with Gasteiger partial charge in [0.15, 0.2) is 0 Å². The summed E-state index contributed by atoms with van der Waals surface area (Å²) in [7, 11) is 0. The largest absolute Gasteiger partial charge is 0.387 e. The van der Waals surface area contributed by atoms with Gasteiger partial charge in [0.05, 0.1) is 11.8 Å². The topological polar surface area (TPSA) is 75.9 Å². The normalized spacial score (nSPS) is 12.1. The van der Waals surface area contributed by atoms with E-state index in [4.69, 9.17) is 0 Å². The molecule has 1 atom stereocenters. The molecule has 0 radical (unpaired) electrons. The number of nitrogens with zero attached hydrogens (tertiary/aromatic N) is 4. The molecule has 0 bridgehead atoms. The Morgan fingerprint density at radius 1 is 1.09 bits per heavy atom. The number of benzene rings is 2. The van der Waals surface area contributed by atoms with Crippen LogP contribution in [0.3, 0.4) is 0 Å². The highest BCUT2D eigenvalue weighted by Gasteiger charge is 2.11. The van der Waals surface area contributed by atoms with Gasteiger partial charge in [0.1, 0.15) is 5.82 Å². The molecule has 0 unspecified atom stereocenters. The minimum Gasteiger partial charge on any atom is -0.387 e. The lowest BCUT2D eigenvalue weighted by Gasteiger charge is -2.12. The van der Waals surface area contributed by atoms with E-state index in [0.717, 1.165) is 5.69 Å². The van der Waals surface area contributed by atoms with Gasteiger partial charge in [-0.05, 0) is 40.3 Å². The molecule has 6 nitrogen and oxygen atoms in total. The molecule has 0 aliphatic rings. The van der Waals surface area contributed by atoms with Crippen LogP contribution in [-0.4, -0.2) is 31.9 Å². The second-order valence-electron chi connectivity index (χ2n) is 4.70. The second-order valence-corrected chi connectivity index (χ2v) is 4.70. The molecule has 3 aromatic rings. The fourth-order valence-corrected chi connectivity index (χ4v) is 2.03. The van der Waals surface area contributed by atoms with Gasteiger partial charge >= 0.3 is 0 Å². The Kier molecular flexibility index (Phi) is 4.06. The van der Waals surface area contributed by atoms with Gasteiger partial charge < -0.3 is 10.4 Å². The first-order chi connectivity index (χ1) is 10.7. The van der Waals surface area contributed by atoms with Crippen molar-refractivity contribution in [1.82, 2.24) is 20.2 Å². The average Bonchev–Trinajstić information content (AvgIpc) is 3.02. The van der Waals surface area contributed by atoms with Crippen molar-refractivity contribution in [2.75, 3.05) is 11.9 Å². The molecule has 7 heteroatoms. The summed E-state index contributed by atoms with van der Waals surface area (Å²) in [6, 6.07) is 15.1. The number of nitrogens with one attached hydrogen (secondary N) is 1. The van der Waals surface area contributed by atoms with Crippen molar-refractivity contribution >= 4 is 5.95 Å². The summed E-state index contributed by atoms with van der Waals surface area (Å²) < 4.78 is 14.4. The number of rotatable bonds is 5. The van der Waals surface area contributed by atoms with Crippen molar-refractivity contribution in [2.45, 2.75) is 6.10 Å². The molecule has 0 aliphatic carbocycles. The van der Waals surface area contributed by atoms with Crippen LogP contribution in [0.2, 0.25) is 0 Å². The second kappa shape index (κ2) is 6.31. The zero-order valence-electron chi connectivity index (χ0n) is 11.6. The van der Waals surface area contributed by atoms with E-state index in [1.165, 1.54) is 16.8 Å². The van der Waals surface area contributed by atoms with Gasteiger partial charge in [-0.15, -0.1) is 0 Å². The van der Waals surface area contributed by atoms with Crippen LogP contribution >= 0.6 is 0 Å². The highest BCUT2D eigenvalue weighted by Crippen LogP contribution is 2.15. The van der Waals surface area contributed by atoms with E-state index in [0.29, 0.717) is 11.5 Å². The molecule has 2 N–H and O–H groups in total. The van der Waals surface area contributed by atoms with Crippen molar-refractivity contribution in [3.63, 3.8) is 0 Å². The van der Waals surface area contributed by atoms with E-state index in [2.05, 4.69) is 20.8 Å². The summed E-state index contributed by atoms with van der Waals surface area (Å²) in [5.74, 6) is 0.0873. The zero-order valence-corrected chi connectivity index (χ0v) is 11.6. The lowest BCUT2D eigenvalue weighted by atomic mass is 10.1. The molecule has 22 heavy (non-hydrogen) atoms. The van der Waals surface area contributed by atoms with Gasteiger partial charge in [-0.2, -0.15) is 4.68 Å². The third-order valence-corrected chi connectivity index (χ3v) is 3.18. The number of anilines is 1. The summed E-state index contributed by atoms with van der Waals surface area (Å²) in [5.41, 5.74) is 1.43. The molecular weight excluding hydrogens is 285 g/mol. The van der Waals surface area contributed by atoms with Crippen molar-refractivity contribution in [3.05, 3.63) is 66.0 Å². The lowest BCUT2D eigenvalue weighted by molar-refractivity contribution is 0.191. The SMILES string of the molecule is O[C@H](CNc1nnnn1-c1ccccc1)c1ccc(F)cc1. The van der Waals surface area contributed by atoms with Crippen LogP contribution in [0.4, 0.5) is 10.3 Å². The zero-order chi connectivity index (χ0) is 15.4. The van der Waals surface area contributed by atoms with Crippen molar-refractivity contribution < 1.29 is 9.50 Å².